The molecular weight excluding hydrogens is 240 g/mol. The molecule has 1 atom stereocenters. The van der Waals surface area contributed by atoms with Gasteiger partial charge in [0.15, 0.2) is 0 Å². The van der Waals surface area contributed by atoms with Gasteiger partial charge < -0.3 is 9.72 Å². The third-order valence-electron chi connectivity index (χ3n) is 3.62. The van der Waals surface area contributed by atoms with Crippen molar-refractivity contribution in [2.24, 2.45) is 0 Å². The monoisotopic (exact) mass is 256 g/mol. The standard InChI is InChI=1S/C15H16N2O2/c1-3-10-9(2)16-14(17-15(10)18)12-8-19-13-7-5-4-6-11(12)13/h4-7,12H,3,8H2,1-2H3,(H,16,17,18). The molecule has 0 spiro atoms. The van der Waals surface area contributed by atoms with Gasteiger partial charge >= 0.3 is 0 Å². The molecule has 0 fully saturated rings. The molecular formula is C15H16N2O2. The SMILES string of the molecule is CCc1c(C)nc(C2COc3ccccc32)[nH]c1=O. The third-order valence-corrected chi connectivity index (χ3v) is 3.62. The molecule has 1 aliphatic heterocycles. The van der Waals surface area contributed by atoms with Crippen molar-refractivity contribution in [1.29, 1.82) is 0 Å². The second-order valence-electron chi connectivity index (χ2n) is 4.77. The van der Waals surface area contributed by atoms with Crippen molar-refractivity contribution in [3.8, 4) is 5.75 Å². The minimum Gasteiger partial charge on any atom is -0.492 e. The van der Waals surface area contributed by atoms with Crippen molar-refractivity contribution in [2.45, 2.75) is 26.2 Å². The van der Waals surface area contributed by atoms with Gasteiger partial charge in [-0.1, -0.05) is 25.1 Å². The van der Waals surface area contributed by atoms with Crippen LogP contribution in [0.1, 0.15) is 35.5 Å². The van der Waals surface area contributed by atoms with Gasteiger partial charge in [0.2, 0.25) is 0 Å². The van der Waals surface area contributed by atoms with Crippen LogP contribution in [0.15, 0.2) is 29.1 Å². The first kappa shape index (κ1) is 12.0. The van der Waals surface area contributed by atoms with Crippen LogP contribution in [0.25, 0.3) is 0 Å². The van der Waals surface area contributed by atoms with Gasteiger partial charge in [-0.2, -0.15) is 0 Å². The zero-order valence-corrected chi connectivity index (χ0v) is 11.1. The average Bonchev–Trinajstić information content (AvgIpc) is 2.82. The predicted octanol–water partition coefficient (Wildman–Crippen LogP) is 2.17. The maximum atomic E-state index is 12.0. The molecule has 1 aromatic heterocycles. The fraction of sp³-hybridized carbons (Fsp3) is 0.333. The number of hydrogen-bond donors (Lipinski definition) is 1. The molecule has 1 aliphatic rings. The van der Waals surface area contributed by atoms with E-state index >= 15 is 0 Å². The number of aromatic nitrogens is 2. The molecule has 2 aromatic rings. The van der Waals surface area contributed by atoms with E-state index in [4.69, 9.17) is 4.74 Å². The van der Waals surface area contributed by atoms with Gasteiger partial charge in [-0.3, -0.25) is 4.79 Å². The van der Waals surface area contributed by atoms with Crippen molar-refractivity contribution in [3.63, 3.8) is 0 Å². The molecule has 0 radical (unpaired) electrons. The van der Waals surface area contributed by atoms with E-state index in [2.05, 4.69) is 9.97 Å². The number of fused-ring (bicyclic) bond motifs is 1. The van der Waals surface area contributed by atoms with Crippen LogP contribution in [-0.4, -0.2) is 16.6 Å². The van der Waals surface area contributed by atoms with Crippen LogP contribution in [0.2, 0.25) is 0 Å². The summed E-state index contributed by atoms with van der Waals surface area (Å²) in [6, 6.07) is 7.89. The van der Waals surface area contributed by atoms with E-state index in [-0.39, 0.29) is 11.5 Å². The Kier molecular flexibility index (Phi) is 2.85. The lowest BCUT2D eigenvalue weighted by atomic mass is 10.00. The predicted molar refractivity (Wildman–Crippen MR) is 72.8 cm³/mol. The second-order valence-corrected chi connectivity index (χ2v) is 4.77. The maximum Gasteiger partial charge on any atom is 0.254 e. The molecule has 1 N–H and O–H groups in total. The molecule has 0 saturated heterocycles. The number of para-hydroxylation sites is 1. The van der Waals surface area contributed by atoms with Gasteiger partial charge in [-0.25, -0.2) is 4.98 Å². The van der Waals surface area contributed by atoms with Crippen LogP contribution in [0, 0.1) is 6.92 Å². The lowest BCUT2D eigenvalue weighted by Crippen LogP contribution is -2.21. The van der Waals surface area contributed by atoms with E-state index in [1.165, 1.54) is 0 Å². The molecule has 0 saturated carbocycles. The number of benzene rings is 1. The van der Waals surface area contributed by atoms with Crippen LogP contribution < -0.4 is 10.3 Å². The summed E-state index contributed by atoms with van der Waals surface area (Å²) >= 11 is 0. The molecule has 3 rings (SSSR count). The summed E-state index contributed by atoms with van der Waals surface area (Å²) in [5.41, 5.74) is 2.63. The average molecular weight is 256 g/mol. The van der Waals surface area contributed by atoms with E-state index in [0.29, 0.717) is 18.9 Å². The Hall–Kier alpha value is -2.10. The number of aromatic amines is 1. The van der Waals surface area contributed by atoms with Gasteiger partial charge in [0, 0.05) is 16.8 Å². The number of ether oxygens (including phenoxy) is 1. The zero-order chi connectivity index (χ0) is 13.4. The van der Waals surface area contributed by atoms with Gasteiger partial charge in [-0.15, -0.1) is 0 Å². The van der Waals surface area contributed by atoms with Gasteiger partial charge in [0.05, 0.1) is 5.92 Å². The van der Waals surface area contributed by atoms with Crippen molar-refractivity contribution < 1.29 is 4.74 Å². The molecule has 2 heterocycles. The highest BCUT2D eigenvalue weighted by Gasteiger charge is 2.27. The first-order chi connectivity index (χ1) is 9.20. The number of nitrogens with one attached hydrogen (secondary N) is 1. The summed E-state index contributed by atoms with van der Waals surface area (Å²) in [5, 5.41) is 0. The van der Waals surface area contributed by atoms with E-state index < -0.39 is 0 Å². The Labute approximate surface area is 111 Å². The summed E-state index contributed by atoms with van der Waals surface area (Å²) in [7, 11) is 0. The van der Waals surface area contributed by atoms with Crippen molar-refractivity contribution in [3.05, 3.63) is 57.3 Å². The molecule has 1 unspecified atom stereocenters. The Bertz CT molecular complexity index is 676. The third kappa shape index (κ3) is 1.93. The van der Waals surface area contributed by atoms with Gasteiger partial charge in [0.25, 0.3) is 5.56 Å². The quantitative estimate of drug-likeness (QED) is 0.895. The molecule has 0 aliphatic carbocycles. The molecule has 0 amide bonds. The van der Waals surface area contributed by atoms with E-state index in [1.54, 1.807) is 0 Å². The maximum absolute atomic E-state index is 12.0. The van der Waals surface area contributed by atoms with Crippen molar-refractivity contribution in [1.82, 2.24) is 9.97 Å². The summed E-state index contributed by atoms with van der Waals surface area (Å²) in [4.78, 5) is 19.5. The van der Waals surface area contributed by atoms with Crippen LogP contribution >= 0.6 is 0 Å². The first-order valence-corrected chi connectivity index (χ1v) is 6.52. The Balaban J connectivity index is 2.08. The van der Waals surface area contributed by atoms with Gasteiger partial charge in [0.1, 0.15) is 18.2 Å². The Morgan fingerprint density at radius 1 is 1.42 bits per heavy atom. The normalized spacial score (nSPS) is 17.1. The van der Waals surface area contributed by atoms with Crippen LogP contribution in [-0.2, 0) is 6.42 Å². The van der Waals surface area contributed by atoms with Crippen molar-refractivity contribution >= 4 is 0 Å². The van der Waals surface area contributed by atoms with Gasteiger partial charge in [-0.05, 0) is 19.4 Å². The van der Waals surface area contributed by atoms with Crippen LogP contribution in [0.3, 0.4) is 0 Å². The summed E-state index contributed by atoms with van der Waals surface area (Å²) in [5.74, 6) is 1.60. The van der Waals surface area contributed by atoms with Crippen LogP contribution in [0.4, 0.5) is 0 Å². The lowest BCUT2D eigenvalue weighted by molar-refractivity contribution is 0.339. The second kappa shape index (κ2) is 4.53. The molecule has 1 aromatic carbocycles. The molecule has 0 bridgehead atoms. The topological polar surface area (TPSA) is 55.0 Å². The minimum absolute atomic E-state index is 0.0218. The largest absolute Gasteiger partial charge is 0.492 e. The number of H-pyrrole nitrogens is 1. The minimum atomic E-state index is -0.0330. The number of hydrogen-bond acceptors (Lipinski definition) is 3. The van der Waals surface area contributed by atoms with Crippen molar-refractivity contribution in [2.75, 3.05) is 6.61 Å². The summed E-state index contributed by atoms with van der Waals surface area (Å²) in [6.07, 6.45) is 0.701. The fourth-order valence-corrected chi connectivity index (χ4v) is 2.60. The molecule has 19 heavy (non-hydrogen) atoms. The fourth-order valence-electron chi connectivity index (χ4n) is 2.60. The Morgan fingerprint density at radius 2 is 2.21 bits per heavy atom. The number of aryl methyl sites for hydroxylation is 1. The highest BCUT2D eigenvalue weighted by molar-refractivity contribution is 5.43. The molecule has 98 valence electrons. The van der Waals surface area contributed by atoms with Crippen LogP contribution in [0.5, 0.6) is 5.75 Å². The smallest absolute Gasteiger partial charge is 0.254 e. The highest BCUT2D eigenvalue weighted by atomic mass is 16.5. The van der Waals surface area contributed by atoms with E-state index in [9.17, 15) is 4.79 Å². The van der Waals surface area contributed by atoms with E-state index in [0.717, 1.165) is 22.6 Å². The lowest BCUT2D eigenvalue weighted by Gasteiger charge is -2.10. The van der Waals surface area contributed by atoms with E-state index in [1.807, 2.05) is 38.1 Å². The number of nitrogens with zero attached hydrogens (tertiary/aromatic N) is 1. The Morgan fingerprint density at radius 3 is 2.95 bits per heavy atom. The zero-order valence-electron chi connectivity index (χ0n) is 11.1. The summed E-state index contributed by atoms with van der Waals surface area (Å²) in [6.45, 7) is 4.39. The molecule has 4 heteroatoms. The highest BCUT2D eigenvalue weighted by Crippen LogP contribution is 2.36. The first-order valence-electron chi connectivity index (χ1n) is 6.52. The number of rotatable bonds is 2. The molecule has 4 nitrogen and oxygen atoms in total. The summed E-state index contributed by atoms with van der Waals surface area (Å²) < 4.78 is 5.64.